The van der Waals surface area contributed by atoms with Crippen LogP contribution in [0.1, 0.15) is 32.1 Å². The van der Waals surface area contributed by atoms with Gasteiger partial charge < -0.3 is 25.5 Å². The second-order valence-corrected chi connectivity index (χ2v) is 6.09. The van der Waals surface area contributed by atoms with Gasteiger partial charge in [-0.15, -0.1) is 0 Å². The van der Waals surface area contributed by atoms with E-state index in [1.165, 1.54) is 6.26 Å². The van der Waals surface area contributed by atoms with Gasteiger partial charge in [-0.05, 0) is 42.3 Å². The molecule has 2 rings (SSSR count). The Morgan fingerprint density at radius 2 is 1.72 bits per heavy atom. The average molecular weight is 345 g/mol. The van der Waals surface area contributed by atoms with Gasteiger partial charge in [0.25, 0.3) is 0 Å². The van der Waals surface area contributed by atoms with Crippen molar-refractivity contribution in [1.82, 2.24) is 5.32 Å². The number of aliphatic hydroxyl groups excluding tert-OH is 1. The number of benzene rings is 1. The van der Waals surface area contributed by atoms with Gasteiger partial charge in [-0.1, -0.05) is 13.8 Å². The lowest BCUT2D eigenvalue weighted by Gasteiger charge is -2.11. The van der Waals surface area contributed by atoms with Crippen molar-refractivity contribution in [2.75, 3.05) is 17.2 Å². The first kappa shape index (κ1) is 18.5. The highest BCUT2D eigenvalue weighted by Gasteiger charge is 2.12. The second kappa shape index (κ2) is 8.89. The van der Waals surface area contributed by atoms with Crippen LogP contribution >= 0.6 is 0 Å². The van der Waals surface area contributed by atoms with Crippen molar-refractivity contribution < 1.29 is 19.1 Å². The lowest BCUT2D eigenvalue weighted by molar-refractivity contribution is -0.116. The third-order valence-electron chi connectivity index (χ3n) is 3.35. The summed E-state index contributed by atoms with van der Waals surface area (Å²) in [5, 5.41) is 17.8. The van der Waals surface area contributed by atoms with Crippen molar-refractivity contribution in [2.24, 2.45) is 5.92 Å². The Morgan fingerprint density at radius 3 is 2.28 bits per heavy atom. The number of anilines is 2. The maximum atomic E-state index is 11.8. The fourth-order valence-electron chi connectivity index (χ4n) is 2.17. The van der Waals surface area contributed by atoms with Crippen LogP contribution in [-0.2, 0) is 4.79 Å². The molecular formula is C18H23N3O4. The number of carbonyl (C=O) groups is 2. The lowest BCUT2D eigenvalue weighted by atomic mass is 10.1. The minimum atomic E-state index is -0.903. The van der Waals surface area contributed by atoms with Gasteiger partial charge in [0.2, 0.25) is 5.91 Å². The summed E-state index contributed by atoms with van der Waals surface area (Å²) < 4.78 is 5.06. The molecule has 1 aromatic carbocycles. The van der Waals surface area contributed by atoms with Crippen LogP contribution in [0, 0.1) is 5.92 Å². The third kappa shape index (κ3) is 6.31. The quantitative estimate of drug-likeness (QED) is 0.619. The zero-order valence-corrected chi connectivity index (χ0v) is 14.3. The van der Waals surface area contributed by atoms with E-state index >= 15 is 0 Å². The number of hydrogen-bond acceptors (Lipinski definition) is 4. The van der Waals surface area contributed by atoms with E-state index in [9.17, 15) is 14.7 Å². The normalized spacial score (nSPS) is 11.8. The Morgan fingerprint density at radius 1 is 1.08 bits per heavy atom. The molecule has 7 heteroatoms. The molecule has 3 amide bonds. The Hall–Kier alpha value is -2.80. The Balaban J connectivity index is 1.78. The van der Waals surface area contributed by atoms with Gasteiger partial charge in [-0.2, -0.15) is 0 Å². The van der Waals surface area contributed by atoms with E-state index in [1.807, 2.05) is 13.8 Å². The van der Waals surface area contributed by atoms with Crippen LogP contribution in [0.25, 0.3) is 0 Å². The summed E-state index contributed by atoms with van der Waals surface area (Å²) in [4.78, 5) is 23.5. The van der Waals surface area contributed by atoms with Gasteiger partial charge >= 0.3 is 6.03 Å². The molecule has 25 heavy (non-hydrogen) atoms. The van der Waals surface area contributed by atoms with Crippen LogP contribution in [0.2, 0.25) is 0 Å². The molecule has 0 spiro atoms. The van der Waals surface area contributed by atoms with Crippen LogP contribution in [0.3, 0.4) is 0 Å². The smallest absolute Gasteiger partial charge is 0.319 e. The number of furan rings is 1. The molecule has 1 aromatic heterocycles. The summed E-state index contributed by atoms with van der Waals surface area (Å²) in [6.45, 7) is 3.99. The van der Waals surface area contributed by atoms with Crippen molar-refractivity contribution >= 4 is 23.3 Å². The predicted molar refractivity (Wildman–Crippen MR) is 95.2 cm³/mol. The van der Waals surface area contributed by atoms with Crippen LogP contribution in [0.5, 0.6) is 0 Å². The maximum Gasteiger partial charge on any atom is 0.319 e. The summed E-state index contributed by atoms with van der Waals surface area (Å²) in [5.41, 5.74) is 1.25. The fraction of sp³-hybridized carbons (Fsp3) is 0.333. The van der Waals surface area contributed by atoms with Crippen LogP contribution < -0.4 is 16.0 Å². The number of rotatable bonds is 7. The molecule has 0 saturated carbocycles. The van der Waals surface area contributed by atoms with Crippen LogP contribution in [-0.4, -0.2) is 23.6 Å². The zero-order valence-electron chi connectivity index (χ0n) is 14.3. The molecule has 1 unspecified atom stereocenters. The van der Waals surface area contributed by atoms with Gasteiger partial charge in [0.05, 0.1) is 12.8 Å². The van der Waals surface area contributed by atoms with Crippen molar-refractivity contribution in [1.29, 1.82) is 0 Å². The first-order valence-corrected chi connectivity index (χ1v) is 8.10. The molecule has 0 fully saturated rings. The molecular weight excluding hydrogens is 322 g/mol. The molecule has 7 nitrogen and oxygen atoms in total. The number of carbonyl (C=O) groups excluding carboxylic acids is 2. The molecule has 2 aromatic rings. The summed E-state index contributed by atoms with van der Waals surface area (Å²) in [7, 11) is 0. The molecule has 0 aliphatic rings. The zero-order chi connectivity index (χ0) is 18.2. The Bertz CT molecular complexity index is 681. The van der Waals surface area contributed by atoms with E-state index < -0.39 is 12.1 Å². The van der Waals surface area contributed by atoms with E-state index in [2.05, 4.69) is 16.0 Å². The van der Waals surface area contributed by atoms with Crippen molar-refractivity contribution in [3.63, 3.8) is 0 Å². The molecule has 1 atom stereocenters. The Labute approximate surface area is 146 Å². The summed E-state index contributed by atoms with van der Waals surface area (Å²) in [5.74, 6) is 0.642. The van der Waals surface area contributed by atoms with E-state index in [0.717, 1.165) is 0 Å². The van der Waals surface area contributed by atoms with Gasteiger partial charge in [0.15, 0.2) is 0 Å². The van der Waals surface area contributed by atoms with E-state index in [-0.39, 0.29) is 12.5 Å². The lowest BCUT2D eigenvalue weighted by Crippen LogP contribution is -2.32. The van der Waals surface area contributed by atoms with Crippen molar-refractivity contribution in [3.05, 3.63) is 48.4 Å². The molecule has 0 saturated heterocycles. The van der Waals surface area contributed by atoms with E-state index in [4.69, 9.17) is 4.42 Å². The monoisotopic (exact) mass is 345 g/mol. The first-order valence-electron chi connectivity index (χ1n) is 8.10. The molecule has 0 aliphatic carbocycles. The van der Waals surface area contributed by atoms with Crippen LogP contribution in [0.15, 0.2) is 47.1 Å². The van der Waals surface area contributed by atoms with Crippen molar-refractivity contribution in [2.45, 2.75) is 26.4 Å². The molecule has 0 aliphatic heterocycles. The first-order chi connectivity index (χ1) is 11.9. The predicted octanol–water partition coefficient (Wildman–Crippen LogP) is 3.12. The minimum Gasteiger partial charge on any atom is -0.467 e. The van der Waals surface area contributed by atoms with Gasteiger partial charge in [-0.3, -0.25) is 4.79 Å². The summed E-state index contributed by atoms with van der Waals surface area (Å²) in [6, 6.07) is 9.66. The standard InChI is InChI=1S/C18H23N3O4/c1-12(2)10-17(23)20-13-5-7-14(8-6-13)21-18(24)19-11-15(22)16-4-3-9-25-16/h3-9,12,15,22H,10-11H2,1-2H3,(H,20,23)(H2,19,21,24). The highest BCUT2D eigenvalue weighted by atomic mass is 16.4. The molecule has 134 valence electrons. The van der Waals surface area contributed by atoms with Gasteiger partial charge in [0.1, 0.15) is 11.9 Å². The maximum absolute atomic E-state index is 11.8. The second-order valence-electron chi connectivity index (χ2n) is 6.09. The van der Waals surface area contributed by atoms with Crippen LogP contribution in [0.4, 0.5) is 16.2 Å². The third-order valence-corrected chi connectivity index (χ3v) is 3.35. The minimum absolute atomic E-state index is 0.0304. The van der Waals surface area contributed by atoms with Gasteiger partial charge in [0, 0.05) is 17.8 Å². The largest absolute Gasteiger partial charge is 0.467 e. The molecule has 4 N–H and O–H groups in total. The number of aliphatic hydroxyl groups is 1. The summed E-state index contributed by atoms with van der Waals surface area (Å²) in [6.07, 6.45) is 1.01. The number of nitrogens with one attached hydrogen (secondary N) is 3. The highest BCUT2D eigenvalue weighted by Crippen LogP contribution is 2.15. The number of hydrogen-bond donors (Lipinski definition) is 4. The Kier molecular flexibility index (Phi) is 6.59. The SMILES string of the molecule is CC(C)CC(=O)Nc1ccc(NC(=O)NCC(O)c2ccco2)cc1. The number of amides is 3. The van der Waals surface area contributed by atoms with E-state index in [1.54, 1.807) is 36.4 Å². The summed E-state index contributed by atoms with van der Waals surface area (Å²) >= 11 is 0. The molecule has 0 radical (unpaired) electrons. The van der Waals surface area contributed by atoms with Gasteiger partial charge in [-0.25, -0.2) is 4.79 Å². The topological polar surface area (TPSA) is 104 Å². The van der Waals surface area contributed by atoms with Crippen molar-refractivity contribution in [3.8, 4) is 0 Å². The molecule has 1 heterocycles. The highest BCUT2D eigenvalue weighted by molar-refractivity contribution is 5.92. The molecule has 0 bridgehead atoms. The average Bonchev–Trinajstić information content (AvgIpc) is 3.08. The number of urea groups is 1. The fourth-order valence-corrected chi connectivity index (χ4v) is 2.17. The van der Waals surface area contributed by atoms with E-state index in [0.29, 0.717) is 29.5 Å².